The van der Waals surface area contributed by atoms with Crippen LogP contribution in [0.4, 0.5) is 0 Å². The normalized spacial score (nSPS) is 16.9. The molecule has 1 atom stereocenters. The van der Waals surface area contributed by atoms with Crippen LogP contribution in [0.15, 0.2) is 24.3 Å². The van der Waals surface area contributed by atoms with E-state index in [0.717, 1.165) is 45.3 Å². The van der Waals surface area contributed by atoms with E-state index in [4.69, 9.17) is 5.73 Å². The molecule has 6 heteroatoms. The molecule has 0 aliphatic carbocycles. The molecule has 1 unspecified atom stereocenters. The van der Waals surface area contributed by atoms with Gasteiger partial charge >= 0.3 is 0 Å². The Morgan fingerprint density at radius 3 is 2.44 bits per heavy atom. The van der Waals surface area contributed by atoms with Crippen molar-refractivity contribution in [1.82, 2.24) is 9.80 Å². The fourth-order valence-electron chi connectivity index (χ4n) is 3.20. The summed E-state index contributed by atoms with van der Waals surface area (Å²) >= 11 is 0. The van der Waals surface area contributed by atoms with Crippen molar-refractivity contribution < 1.29 is 9.59 Å². The average molecular weight is 368 g/mol. The van der Waals surface area contributed by atoms with Crippen molar-refractivity contribution >= 4 is 24.2 Å². The van der Waals surface area contributed by atoms with Crippen molar-refractivity contribution in [2.75, 3.05) is 26.2 Å². The van der Waals surface area contributed by atoms with Gasteiger partial charge in [0.25, 0.3) is 11.8 Å². The second kappa shape index (κ2) is 10.4. The number of halogens is 1. The molecule has 1 aromatic rings. The van der Waals surface area contributed by atoms with Crippen LogP contribution < -0.4 is 5.73 Å². The van der Waals surface area contributed by atoms with Gasteiger partial charge in [0.15, 0.2) is 0 Å². The SMILES string of the molecule is CCCN(CCC)C(=O)c1cccc(C(=O)N2CCCC(N)C2)c1.Cl. The summed E-state index contributed by atoms with van der Waals surface area (Å²) in [7, 11) is 0. The highest BCUT2D eigenvalue weighted by Crippen LogP contribution is 2.15. The van der Waals surface area contributed by atoms with E-state index >= 15 is 0 Å². The predicted molar refractivity (Wildman–Crippen MR) is 103 cm³/mol. The summed E-state index contributed by atoms with van der Waals surface area (Å²) in [6, 6.07) is 7.14. The summed E-state index contributed by atoms with van der Waals surface area (Å²) in [5.41, 5.74) is 7.13. The zero-order valence-electron chi connectivity index (χ0n) is 15.2. The number of likely N-dealkylation sites (tertiary alicyclic amines) is 1. The molecule has 1 aliphatic rings. The van der Waals surface area contributed by atoms with Gasteiger partial charge in [-0.2, -0.15) is 0 Å². The number of nitrogens with zero attached hydrogens (tertiary/aromatic N) is 2. The van der Waals surface area contributed by atoms with E-state index in [1.165, 1.54) is 0 Å². The lowest BCUT2D eigenvalue weighted by atomic mass is 10.0. The van der Waals surface area contributed by atoms with Gasteiger partial charge in [-0.15, -0.1) is 12.4 Å². The number of carbonyl (C=O) groups is 2. The molecule has 2 N–H and O–H groups in total. The molecule has 1 aliphatic heterocycles. The van der Waals surface area contributed by atoms with E-state index in [9.17, 15) is 9.59 Å². The number of carbonyl (C=O) groups excluding carboxylic acids is 2. The standard InChI is InChI=1S/C19H29N3O2.ClH/c1-3-10-21(11-4-2)18(23)15-7-5-8-16(13-15)19(24)22-12-6-9-17(20)14-22;/h5,7-8,13,17H,3-4,6,9-12,14,20H2,1-2H3;1H. The molecular weight excluding hydrogens is 338 g/mol. The van der Waals surface area contributed by atoms with Crippen LogP contribution >= 0.6 is 12.4 Å². The first-order chi connectivity index (χ1) is 11.6. The van der Waals surface area contributed by atoms with E-state index in [0.29, 0.717) is 17.7 Å². The lowest BCUT2D eigenvalue weighted by Gasteiger charge is -2.31. The van der Waals surface area contributed by atoms with E-state index in [2.05, 4.69) is 13.8 Å². The Kier molecular flexibility index (Phi) is 8.93. The predicted octanol–water partition coefficient (Wildman–Crippen LogP) is 2.93. The summed E-state index contributed by atoms with van der Waals surface area (Å²) in [5.74, 6) is -0.0268. The number of piperidine rings is 1. The smallest absolute Gasteiger partial charge is 0.253 e. The molecule has 0 spiro atoms. The van der Waals surface area contributed by atoms with Crippen LogP contribution in [-0.2, 0) is 0 Å². The molecule has 5 nitrogen and oxygen atoms in total. The van der Waals surface area contributed by atoms with Crippen LogP contribution in [-0.4, -0.2) is 53.8 Å². The highest BCUT2D eigenvalue weighted by molar-refractivity contribution is 5.99. The molecule has 1 heterocycles. The summed E-state index contributed by atoms with van der Waals surface area (Å²) in [5, 5.41) is 0. The third-order valence-electron chi connectivity index (χ3n) is 4.38. The van der Waals surface area contributed by atoms with Crippen molar-refractivity contribution in [1.29, 1.82) is 0 Å². The second-order valence-corrected chi connectivity index (χ2v) is 6.53. The summed E-state index contributed by atoms with van der Waals surface area (Å²) in [6.45, 7) is 6.94. The molecule has 1 fully saturated rings. The van der Waals surface area contributed by atoms with E-state index in [1.54, 1.807) is 29.2 Å². The summed E-state index contributed by atoms with van der Waals surface area (Å²) < 4.78 is 0. The molecule has 140 valence electrons. The highest BCUT2D eigenvalue weighted by atomic mass is 35.5. The third-order valence-corrected chi connectivity index (χ3v) is 4.38. The first-order valence-corrected chi connectivity index (χ1v) is 9.01. The van der Waals surface area contributed by atoms with Crippen LogP contribution in [0.25, 0.3) is 0 Å². The van der Waals surface area contributed by atoms with Gasteiger partial charge in [0.2, 0.25) is 0 Å². The van der Waals surface area contributed by atoms with E-state index in [1.807, 2.05) is 4.90 Å². The quantitative estimate of drug-likeness (QED) is 0.840. The first-order valence-electron chi connectivity index (χ1n) is 9.01. The van der Waals surface area contributed by atoms with E-state index < -0.39 is 0 Å². The Morgan fingerprint density at radius 2 is 1.84 bits per heavy atom. The number of nitrogens with two attached hydrogens (primary N) is 1. The van der Waals surface area contributed by atoms with Crippen molar-refractivity contribution in [2.45, 2.75) is 45.6 Å². The molecular formula is C19H30ClN3O2. The molecule has 0 saturated carbocycles. The van der Waals surface area contributed by atoms with Crippen LogP contribution in [0.3, 0.4) is 0 Å². The molecule has 25 heavy (non-hydrogen) atoms. The maximum absolute atomic E-state index is 12.7. The van der Waals surface area contributed by atoms with Gasteiger partial charge < -0.3 is 15.5 Å². The van der Waals surface area contributed by atoms with Gasteiger partial charge in [0.05, 0.1) is 0 Å². The lowest BCUT2D eigenvalue weighted by molar-refractivity contribution is 0.0708. The van der Waals surface area contributed by atoms with E-state index in [-0.39, 0.29) is 30.3 Å². The number of benzene rings is 1. The maximum atomic E-state index is 12.7. The Hall–Kier alpha value is -1.59. The molecule has 1 aromatic carbocycles. The number of rotatable bonds is 6. The largest absolute Gasteiger partial charge is 0.339 e. The van der Waals surface area contributed by atoms with Crippen molar-refractivity contribution in [3.63, 3.8) is 0 Å². The van der Waals surface area contributed by atoms with Crippen molar-refractivity contribution in [3.05, 3.63) is 35.4 Å². The molecule has 0 radical (unpaired) electrons. The third kappa shape index (κ3) is 5.72. The Balaban J connectivity index is 0.00000312. The van der Waals surface area contributed by atoms with Crippen molar-refractivity contribution in [3.8, 4) is 0 Å². The zero-order valence-corrected chi connectivity index (χ0v) is 16.1. The number of amides is 2. The molecule has 0 aromatic heterocycles. The zero-order chi connectivity index (χ0) is 17.5. The fraction of sp³-hybridized carbons (Fsp3) is 0.579. The highest BCUT2D eigenvalue weighted by Gasteiger charge is 2.23. The number of hydrogen-bond donors (Lipinski definition) is 1. The summed E-state index contributed by atoms with van der Waals surface area (Å²) in [4.78, 5) is 29.1. The molecule has 2 amide bonds. The number of hydrogen-bond acceptors (Lipinski definition) is 3. The Morgan fingerprint density at radius 1 is 1.20 bits per heavy atom. The van der Waals surface area contributed by atoms with Gasteiger partial charge in [-0.1, -0.05) is 19.9 Å². The second-order valence-electron chi connectivity index (χ2n) is 6.53. The van der Waals surface area contributed by atoms with Gasteiger partial charge in [0.1, 0.15) is 0 Å². The van der Waals surface area contributed by atoms with Crippen molar-refractivity contribution in [2.24, 2.45) is 5.73 Å². The Labute approximate surface area is 157 Å². The monoisotopic (exact) mass is 367 g/mol. The van der Waals surface area contributed by atoms with Gasteiger partial charge in [-0.05, 0) is 43.9 Å². The molecule has 1 saturated heterocycles. The maximum Gasteiger partial charge on any atom is 0.253 e. The van der Waals surface area contributed by atoms with Crippen LogP contribution in [0.5, 0.6) is 0 Å². The first kappa shape index (κ1) is 21.5. The minimum absolute atomic E-state index is 0. The van der Waals surface area contributed by atoms with Crippen LogP contribution in [0.2, 0.25) is 0 Å². The summed E-state index contributed by atoms with van der Waals surface area (Å²) in [6.07, 6.45) is 3.75. The average Bonchev–Trinajstić information content (AvgIpc) is 2.60. The minimum Gasteiger partial charge on any atom is -0.339 e. The minimum atomic E-state index is -0.0302. The lowest BCUT2D eigenvalue weighted by Crippen LogP contribution is -2.45. The van der Waals surface area contributed by atoms with Gasteiger partial charge in [-0.25, -0.2) is 0 Å². The van der Waals surface area contributed by atoms with Gasteiger partial charge in [0, 0.05) is 43.3 Å². The van der Waals surface area contributed by atoms with Gasteiger partial charge in [-0.3, -0.25) is 9.59 Å². The molecule has 2 rings (SSSR count). The van der Waals surface area contributed by atoms with Crippen LogP contribution in [0.1, 0.15) is 60.2 Å². The fourth-order valence-corrected chi connectivity index (χ4v) is 3.20. The Bertz CT molecular complexity index is 542. The topological polar surface area (TPSA) is 66.6 Å². The van der Waals surface area contributed by atoms with Crippen LogP contribution in [0, 0.1) is 0 Å². The molecule has 0 bridgehead atoms.